The molecule has 0 bridgehead atoms. The average Bonchev–Trinajstić information content (AvgIpc) is 2.74. The lowest BCUT2D eigenvalue weighted by Gasteiger charge is -1.98. The van der Waals surface area contributed by atoms with E-state index >= 15 is 0 Å². The van der Waals surface area contributed by atoms with E-state index < -0.39 is 0 Å². The summed E-state index contributed by atoms with van der Waals surface area (Å²) in [6, 6.07) is 19.0. The van der Waals surface area contributed by atoms with Gasteiger partial charge in [-0.1, -0.05) is 36.4 Å². The van der Waals surface area contributed by atoms with Gasteiger partial charge < -0.3 is 0 Å². The van der Waals surface area contributed by atoms with Crippen LogP contribution in [0.15, 0.2) is 54.6 Å². The molecular formula is C14H12N+. The molecule has 0 N–H and O–H groups in total. The number of fused-ring (bicyclic) bond motifs is 1. The molecule has 0 aromatic heterocycles. The van der Waals surface area contributed by atoms with Crippen LogP contribution in [0.1, 0.15) is 5.56 Å². The van der Waals surface area contributed by atoms with E-state index in [1.807, 2.05) is 6.07 Å². The lowest BCUT2D eigenvalue weighted by atomic mass is 10.1. The van der Waals surface area contributed by atoms with E-state index in [4.69, 9.17) is 0 Å². The van der Waals surface area contributed by atoms with Gasteiger partial charge in [0.15, 0.2) is 6.21 Å². The Morgan fingerprint density at radius 3 is 2.40 bits per heavy atom. The zero-order valence-electron chi connectivity index (χ0n) is 8.43. The van der Waals surface area contributed by atoms with Gasteiger partial charge in [0.2, 0.25) is 11.4 Å². The summed E-state index contributed by atoms with van der Waals surface area (Å²) in [5, 5.41) is 0. The average molecular weight is 194 g/mol. The second-order valence-corrected chi connectivity index (χ2v) is 3.72. The van der Waals surface area contributed by atoms with E-state index in [0.29, 0.717) is 0 Å². The molecular weight excluding hydrogens is 182 g/mol. The van der Waals surface area contributed by atoms with Crippen LogP contribution in [0, 0.1) is 0 Å². The van der Waals surface area contributed by atoms with E-state index in [2.05, 4.69) is 59.3 Å². The zero-order chi connectivity index (χ0) is 10.1. The van der Waals surface area contributed by atoms with Gasteiger partial charge in [0, 0.05) is 23.8 Å². The lowest BCUT2D eigenvalue weighted by molar-refractivity contribution is 1.11. The molecule has 0 amide bonds. The molecule has 0 aliphatic carbocycles. The fraction of sp³-hybridized carbons (Fsp3) is 0.0714. The molecule has 1 nitrogen and oxygen atoms in total. The quantitative estimate of drug-likeness (QED) is 0.613. The minimum absolute atomic E-state index is 1.03. The molecule has 1 aliphatic heterocycles. The third-order valence-electron chi connectivity index (χ3n) is 2.78. The first kappa shape index (κ1) is 8.42. The van der Waals surface area contributed by atoms with Crippen LogP contribution in [0.5, 0.6) is 0 Å². The van der Waals surface area contributed by atoms with E-state index in [1.165, 1.54) is 16.9 Å². The van der Waals surface area contributed by atoms with E-state index in [0.717, 1.165) is 6.42 Å². The van der Waals surface area contributed by atoms with Crippen LogP contribution >= 0.6 is 0 Å². The molecule has 2 aromatic rings. The van der Waals surface area contributed by atoms with Crippen LogP contribution in [0.4, 0.5) is 11.4 Å². The number of nitrogens with zero attached hydrogens (tertiary/aromatic N) is 1. The number of hydrogen-bond acceptors (Lipinski definition) is 0. The molecule has 1 aliphatic rings. The number of hydrogen-bond donors (Lipinski definition) is 0. The fourth-order valence-electron chi connectivity index (χ4n) is 2.04. The second kappa shape index (κ2) is 3.35. The summed E-state index contributed by atoms with van der Waals surface area (Å²) in [4.78, 5) is 0. The first-order valence-corrected chi connectivity index (χ1v) is 5.21. The highest BCUT2D eigenvalue weighted by Gasteiger charge is 2.22. The van der Waals surface area contributed by atoms with Gasteiger partial charge in [-0.15, -0.1) is 0 Å². The van der Waals surface area contributed by atoms with Crippen molar-refractivity contribution >= 4 is 17.6 Å². The van der Waals surface area contributed by atoms with Crippen LogP contribution < -0.4 is 4.58 Å². The Morgan fingerprint density at radius 2 is 1.53 bits per heavy atom. The highest BCUT2D eigenvalue weighted by molar-refractivity contribution is 5.81. The molecule has 0 radical (unpaired) electrons. The maximum absolute atomic E-state index is 2.26. The first-order valence-electron chi connectivity index (χ1n) is 5.21. The summed E-state index contributed by atoms with van der Waals surface area (Å²) in [5.74, 6) is 0. The molecule has 2 aromatic carbocycles. The minimum atomic E-state index is 1.03. The van der Waals surface area contributed by atoms with Crippen LogP contribution in [-0.2, 0) is 6.42 Å². The van der Waals surface area contributed by atoms with Crippen molar-refractivity contribution < 1.29 is 0 Å². The van der Waals surface area contributed by atoms with Crippen molar-refractivity contribution in [1.29, 1.82) is 0 Å². The Balaban J connectivity index is 2.11. The topological polar surface area (TPSA) is 3.01 Å². The molecule has 15 heavy (non-hydrogen) atoms. The number of para-hydroxylation sites is 2. The Kier molecular flexibility index (Phi) is 1.88. The van der Waals surface area contributed by atoms with Crippen LogP contribution in [0.2, 0.25) is 0 Å². The van der Waals surface area contributed by atoms with E-state index in [1.54, 1.807) is 0 Å². The maximum atomic E-state index is 2.26. The summed E-state index contributed by atoms with van der Waals surface area (Å²) in [6.07, 6.45) is 3.27. The molecule has 72 valence electrons. The maximum Gasteiger partial charge on any atom is 0.214 e. The van der Waals surface area contributed by atoms with Gasteiger partial charge in [-0.25, -0.2) is 0 Å². The van der Waals surface area contributed by atoms with Gasteiger partial charge in [-0.05, 0) is 0 Å². The molecule has 0 saturated carbocycles. The fourth-order valence-corrected chi connectivity index (χ4v) is 2.04. The number of benzene rings is 2. The van der Waals surface area contributed by atoms with Crippen molar-refractivity contribution in [1.82, 2.24) is 4.58 Å². The molecule has 1 heterocycles. The smallest absolute Gasteiger partial charge is 0.164 e. The summed E-state index contributed by atoms with van der Waals surface area (Å²) in [6.45, 7) is 0. The minimum Gasteiger partial charge on any atom is -0.164 e. The Morgan fingerprint density at radius 1 is 0.800 bits per heavy atom. The molecule has 0 saturated heterocycles. The summed E-state index contributed by atoms with van der Waals surface area (Å²) >= 11 is 0. The van der Waals surface area contributed by atoms with Crippen LogP contribution in [0.3, 0.4) is 0 Å². The SMILES string of the molecule is C1=[N+](c2ccccc2)c2ccccc2C1. The van der Waals surface area contributed by atoms with Crippen molar-refractivity contribution in [3.05, 3.63) is 60.2 Å². The Hall–Kier alpha value is -1.89. The predicted molar refractivity (Wildman–Crippen MR) is 64.1 cm³/mol. The van der Waals surface area contributed by atoms with Crippen LogP contribution in [-0.4, -0.2) is 6.21 Å². The summed E-state index contributed by atoms with van der Waals surface area (Å²) in [7, 11) is 0. The standard InChI is InChI=1S/C14H12N/c1-2-7-13(8-3-1)15-11-10-12-6-4-5-9-14(12)15/h1-9,11H,10H2/q+1. The number of rotatable bonds is 1. The van der Waals surface area contributed by atoms with Gasteiger partial charge in [-0.3, -0.25) is 0 Å². The van der Waals surface area contributed by atoms with Crippen molar-refractivity contribution in [3.63, 3.8) is 0 Å². The zero-order valence-corrected chi connectivity index (χ0v) is 8.43. The Labute approximate surface area is 89.3 Å². The third-order valence-corrected chi connectivity index (χ3v) is 2.78. The van der Waals surface area contributed by atoms with Gasteiger partial charge in [0.1, 0.15) is 0 Å². The van der Waals surface area contributed by atoms with Gasteiger partial charge in [0.05, 0.1) is 6.42 Å². The summed E-state index contributed by atoms with van der Waals surface area (Å²) < 4.78 is 2.26. The molecule has 0 atom stereocenters. The highest BCUT2D eigenvalue weighted by Crippen LogP contribution is 2.27. The molecule has 0 fully saturated rings. The monoisotopic (exact) mass is 194 g/mol. The molecule has 3 rings (SSSR count). The predicted octanol–water partition coefficient (Wildman–Crippen LogP) is 3.15. The normalized spacial score (nSPS) is 13.5. The van der Waals surface area contributed by atoms with Gasteiger partial charge in [-0.2, -0.15) is 4.58 Å². The van der Waals surface area contributed by atoms with Crippen molar-refractivity contribution in [2.45, 2.75) is 6.42 Å². The van der Waals surface area contributed by atoms with E-state index in [9.17, 15) is 0 Å². The Bertz CT molecular complexity index is 512. The highest BCUT2D eigenvalue weighted by atomic mass is 15.0. The van der Waals surface area contributed by atoms with Gasteiger partial charge in [0.25, 0.3) is 0 Å². The van der Waals surface area contributed by atoms with Gasteiger partial charge >= 0.3 is 0 Å². The van der Waals surface area contributed by atoms with E-state index in [-0.39, 0.29) is 0 Å². The van der Waals surface area contributed by atoms with Crippen LogP contribution in [0.25, 0.3) is 0 Å². The lowest BCUT2D eigenvalue weighted by Crippen LogP contribution is -1.99. The van der Waals surface area contributed by atoms with Crippen molar-refractivity contribution in [3.8, 4) is 0 Å². The molecule has 0 spiro atoms. The largest absolute Gasteiger partial charge is 0.214 e. The van der Waals surface area contributed by atoms with Crippen molar-refractivity contribution in [2.75, 3.05) is 0 Å². The third kappa shape index (κ3) is 1.37. The molecule has 1 heteroatoms. The summed E-state index contributed by atoms with van der Waals surface area (Å²) in [5.41, 5.74) is 3.95. The first-order chi connectivity index (χ1) is 7.45. The molecule has 0 unspecified atom stereocenters. The second-order valence-electron chi connectivity index (χ2n) is 3.72. The van der Waals surface area contributed by atoms with Crippen molar-refractivity contribution in [2.24, 2.45) is 0 Å².